The van der Waals surface area contributed by atoms with Crippen LogP contribution in [0.25, 0.3) is 0 Å². The van der Waals surface area contributed by atoms with Gasteiger partial charge in [0.25, 0.3) is 0 Å². The Bertz CT molecular complexity index is 449. The van der Waals surface area contributed by atoms with Gasteiger partial charge in [-0.15, -0.1) is 0 Å². The van der Waals surface area contributed by atoms with Crippen LogP contribution in [0.4, 0.5) is 0 Å². The van der Waals surface area contributed by atoms with Gasteiger partial charge in [0.05, 0.1) is 0 Å². The molecule has 1 aromatic rings. The Labute approximate surface area is 129 Å². The summed E-state index contributed by atoms with van der Waals surface area (Å²) in [4.78, 5) is 2.76. The van der Waals surface area contributed by atoms with Crippen molar-refractivity contribution < 1.29 is 0 Å². The van der Waals surface area contributed by atoms with E-state index in [9.17, 15) is 0 Å². The molecular formula is C19H30N2. The molecule has 1 aliphatic carbocycles. The van der Waals surface area contributed by atoms with Crippen LogP contribution < -0.4 is 5.32 Å². The molecule has 0 bridgehead atoms. The molecule has 2 heteroatoms. The predicted molar refractivity (Wildman–Crippen MR) is 89.7 cm³/mol. The summed E-state index contributed by atoms with van der Waals surface area (Å²) in [5.41, 5.74) is 3.21. The Kier molecular flexibility index (Phi) is 4.97. The van der Waals surface area contributed by atoms with E-state index in [0.29, 0.717) is 6.04 Å². The first-order valence-electron chi connectivity index (χ1n) is 8.83. The lowest BCUT2D eigenvalue weighted by atomic mass is 9.79. The maximum absolute atomic E-state index is 3.52. The van der Waals surface area contributed by atoms with Gasteiger partial charge in [-0.25, -0.2) is 0 Å². The minimum atomic E-state index is 0.678. The minimum Gasteiger partial charge on any atom is -0.317 e. The van der Waals surface area contributed by atoms with Crippen molar-refractivity contribution >= 4 is 0 Å². The van der Waals surface area contributed by atoms with Gasteiger partial charge in [-0.2, -0.15) is 0 Å². The van der Waals surface area contributed by atoms with Crippen LogP contribution in [-0.2, 0) is 0 Å². The molecule has 1 aliphatic heterocycles. The van der Waals surface area contributed by atoms with Crippen molar-refractivity contribution in [2.45, 2.75) is 51.5 Å². The third-order valence-electron chi connectivity index (χ3n) is 5.53. The van der Waals surface area contributed by atoms with Gasteiger partial charge < -0.3 is 5.32 Å². The molecule has 2 unspecified atom stereocenters. The monoisotopic (exact) mass is 286 g/mol. The van der Waals surface area contributed by atoms with Crippen LogP contribution in [0.5, 0.6) is 0 Å². The highest BCUT2D eigenvalue weighted by Gasteiger charge is 2.31. The van der Waals surface area contributed by atoms with Crippen molar-refractivity contribution in [1.82, 2.24) is 10.2 Å². The van der Waals surface area contributed by atoms with Crippen molar-refractivity contribution in [3.05, 3.63) is 35.4 Å². The van der Waals surface area contributed by atoms with E-state index in [4.69, 9.17) is 0 Å². The molecule has 0 aromatic heterocycles. The number of piperidine rings is 1. The van der Waals surface area contributed by atoms with Gasteiger partial charge in [0.2, 0.25) is 0 Å². The summed E-state index contributed by atoms with van der Waals surface area (Å²) in [5, 5.41) is 3.52. The van der Waals surface area contributed by atoms with Crippen LogP contribution in [0, 0.1) is 5.92 Å². The molecule has 1 fully saturated rings. The molecule has 0 amide bonds. The number of benzene rings is 1. The van der Waals surface area contributed by atoms with E-state index in [2.05, 4.69) is 48.3 Å². The highest BCUT2D eigenvalue weighted by Crippen LogP contribution is 2.41. The SMILES string of the molecule is CCNCC1CCN(C2CCC(C)c3ccccc32)CC1. The van der Waals surface area contributed by atoms with Crippen molar-refractivity contribution in [2.75, 3.05) is 26.2 Å². The topological polar surface area (TPSA) is 15.3 Å². The number of hydrogen-bond donors (Lipinski definition) is 1. The van der Waals surface area contributed by atoms with Crippen molar-refractivity contribution in [3.63, 3.8) is 0 Å². The number of hydrogen-bond acceptors (Lipinski definition) is 2. The molecule has 1 N–H and O–H groups in total. The number of nitrogens with zero attached hydrogens (tertiary/aromatic N) is 1. The summed E-state index contributed by atoms with van der Waals surface area (Å²) >= 11 is 0. The van der Waals surface area contributed by atoms with Crippen LogP contribution in [0.1, 0.15) is 62.6 Å². The van der Waals surface area contributed by atoms with Crippen molar-refractivity contribution in [3.8, 4) is 0 Å². The number of fused-ring (bicyclic) bond motifs is 1. The zero-order chi connectivity index (χ0) is 14.7. The Hall–Kier alpha value is -0.860. The first-order valence-corrected chi connectivity index (χ1v) is 8.83. The van der Waals surface area contributed by atoms with E-state index < -0.39 is 0 Å². The van der Waals surface area contributed by atoms with Gasteiger partial charge in [-0.05, 0) is 74.8 Å². The van der Waals surface area contributed by atoms with Crippen LogP contribution in [-0.4, -0.2) is 31.1 Å². The quantitative estimate of drug-likeness (QED) is 0.901. The molecule has 0 saturated carbocycles. The molecule has 3 rings (SSSR count). The molecule has 116 valence electrons. The predicted octanol–water partition coefficient (Wildman–Crippen LogP) is 3.95. The molecule has 0 radical (unpaired) electrons. The molecular weight excluding hydrogens is 256 g/mol. The summed E-state index contributed by atoms with van der Waals surface area (Å²) in [5.74, 6) is 1.63. The van der Waals surface area contributed by atoms with E-state index in [0.717, 1.165) is 18.4 Å². The lowest BCUT2D eigenvalue weighted by Crippen LogP contribution is -2.40. The van der Waals surface area contributed by atoms with Crippen LogP contribution >= 0.6 is 0 Å². The van der Waals surface area contributed by atoms with E-state index in [1.165, 1.54) is 45.3 Å². The molecule has 1 saturated heterocycles. The van der Waals surface area contributed by atoms with E-state index in [1.54, 1.807) is 11.1 Å². The summed E-state index contributed by atoms with van der Waals surface area (Å²) in [6.45, 7) is 9.47. The average Bonchev–Trinajstić information content (AvgIpc) is 2.54. The summed E-state index contributed by atoms with van der Waals surface area (Å²) in [6.07, 6.45) is 5.41. The van der Waals surface area contributed by atoms with Crippen LogP contribution in [0.15, 0.2) is 24.3 Å². The largest absolute Gasteiger partial charge is 0.317 e. The number of likely N-dealkylation sites (tertiary alicyclic amines) is 1. The molecule has 2 aliphatic rings. The van der Waals surface area contributed by atoms with Gasteiger partial charge in [0.15, 0.2) is 0 Å². The normalized spacial score (nSPS) is 27.5. The zero-order valence-corrected chi connectivity index (χ0v) is 13.6. The first-order chi connectivity index (χ1) is 10.3. The first kappa shape index (κ1) is 15.1. The molecule has 1 aromatic carbocycles. The summed E-state index contributed by atoms with van der Waals surface area (Å²) in [7, 11) is 0. The standard InChI is InChI=1S/C19H30N2/c1-3-20-14-16-10-12-21(13-11-16)19-9-8-15(2)17-6-4-5-7-18(17)19/h4-7,15-16,19-20H,3,8-14H2,1-2H3. The van der Waals surface area contributed by atoms with Gasteiger partial charge in [-0.1, -0.05) is 38.1 Å². The van der Waals surface area contributed by atoms with E-state index >= 15 is 0 Å². The van der Waals surface area contributed by atoms with Crippen LogP contribution in [0.3, 0.4) is 0 Å². The lowest BCUT2D eigenvalue weighted by Gasteiger charge is -2.41. The van der Waals surface area contributed by atoms with Crippen LogP contribution in [0.2, 0.25) is 0 Å². The zero-order valence-electron chi connectivity index (χ0n) is 13.6. The summed E-state index contributed by atoms with van der Waals surface area (Å²) in [6, 6.07) is 9.84. The fourth-order valence-corrected chi connectivity index (χ4v) is 4.18. The van der Waals surface area contributed by atoms with Gasteiger partial charge in [0.1, 0.15) is 0 Å². The second-order valence-corrected chi connectivity index (χ2v) is 6.91. The van der Waals surface area contributed by atoms with E-state index in [1.807, 2.05) is 0 Å². The maximum Gasteiger partial charge on any atom is 0.0351 e. The van der Waals surface area contributed by atoms with Crippen molar-refractivity contribution in [2.24, 2.45) is 5.92 Å². The number of nitrogens with one attached hydrogen (secondary N) is 1. The highest BCUT2D eigenvalue weighted by atomic mass is 15.2. The smallest absolute Gasteiger partial charge is 0.0351 e. The minimum absolute atomic E-state index is 0.678. The van der Waals surface area contributed by atoms with Gasteiger partial charge in [-0.3, -0.25) is 4.90 Å². The Balaban J connectivity index is 1.65. The van der Waals surface area contributed by atoms with Gasteiger partial charge in [0, 0.05) is 6.04 Å². The second-order valence-electron chi connectivity index (χ2n) is 6.91. The highest BCUT2D eigenvalue weighted by molar-refractivity contribution is 5.35. The van der Waals surface area contributed by atoms with Crippen molar-refractivity contribution in [1.29, 1.82) is 0 Å². The third-order valence-corrected chi connectivity index (χ3v) is 5.53. The third kappa shape index (κ3) is 3.32. The molecule has 1 heterocycles. The fraction of sp³-hybridized carbons (Fsp3) is 0.684. The van der Waals surface area contributed by atoms with E-state index in [-0.39, 0.29) is 0 Å². The Morgan fingerprint density at radius 2 is 1.76 bits per heavy atom. The average molecular weight is 286 g/mol. The number of rotatable bonds is 4. The van der Waals surface area contributed by atoms with Gasteiger partial charge >= 0.3 is 0 Å². The maximum atomic E-state index is 3.52. The molecule has 2 atom stereocenters. The second kappa shape index (κ2) is 6.93. The molecule has 21 heavy (non-hydrogen) atoms. The fourth-order valence-electron chi connectivity index (χ4n) is 4.18. The molecule has 0 spiro atoms. The lowest BCUT2D eigenvalue weighted by molar-refractivity contribution is 0.118. The Morgan fingerprint density at radius 1 is 1.05 bits per heavy atom. The summed E-state index contributed by atoms with van der Waals surface area (Å²) < 4.78 is 0. The molecule has 2 nitrogen and oxygen atoms in total. The Morgan fingerprint density at radius 3 is 2.48 bits per heavy atom.